The Labute approximate surface area is 187 Å². The van der Waals surface area contributed by atoms with Crippen LogP contribution in [0.4, 0.5) is 0 Å². The van der Waals surface area contributed by atoms with E-state index in [-0.39, 0.29) is 11.9 Å². The van der Waals surface area contributed by atoms with Crippen LogP contribution in [0.5, 0.6) is 0 Å². The van der Waals surface area contributed by atoms with Crippen LogP contribution in [0.2, 0.25) is 5.02 Å². The molecule has 31 heavy (non-hydrogen) atoms. The van der Waals surface area contributed by atoms with E-state index in [4.69, 9.17) is 16.6 Å². The highest BCUT2D eigenvalue weighted by molar-refractivity contribution is 6.31. The summed E-state index contributed by atoms with van der Waals surface area (Å²) in [6.45, 7) is 2.48. The lowest BCUT2D eigenvalue weighted by Crippen LogP contribution is -2.33. The third kappa shape index (κ3) is 4.78. The fourth-order valence-electron chi connectivity index (χ4n) is 3.83. The lowest BCUT2D eigenvalue weighted by Gasteiger charge is -2.21. The lowest BCUT2D eigenvalue weighted by molar-refractivity contribution is -0.124. The van der Waals surface area contributed by atoms with Gasteiger partial charge in [-0.2, -0.15) is 0 Å². The molecule has 1 amide bonds. The van der Waals surface area contributed by atoms with Crippen LogP contribution in [-0.2, 0) is 17.8 Å². The van der Waals surface area contributed by atoms with Crippen LogP contribution in [0, 0.1) is 0 Å². The molecule has 2 aromatic heterocycles. The summed E-state index contributed by atoms with van der Waals surface area (Å²) in [5.41, 5.74) is 3.65. The minimum absolute atomic E-state index is 0.0314. The molecular formula is C25H25ClN4O. The van der Waals surface area contributed by atoms with Crippen molar-refractivity contribution in [3.8, 4) is 0 Å². The predicted molar refractivity (Wildman–Crippen MR) is 124 cm³/mol. The first-order valence-corrected chi connectivity index (χ1v) is 10.9. The van der Waals surface area contributed by atoms with E-state index in [1.807, 2.05) is 66.7 Å². The number of pyridine rings is 1. The topological polar surface area (TPSA) is 59.8 Å². The third-order valence-corrected chi connectivity index (χ3v) is 5.69. The quantitative estimate of drug-likeness (QED) is 0.409. The summed E-state index contributed by atoms with van der Waals surface area (Å²) >= 11 is 6.42. The molecule has 6 heteroatoms. The van der Waals surface area contributed by atoms with E-state index >= 15 is 0 Å². The number of fused-ring (bicyclic) bond motifs is 1. The van der Waals surface area contributed by atoms with Gasteiger partial charge in [0.1, 0.15) is 11.9 Å². The highest BCUT2D eigenvalue weighted by atomic mass is 35.5. The largest absolute Gasteiger partial charge is 0.349 e. The Bertz CT molecular complexity index is 1170. The molecule has 0 radical (unpaired) electrons. The van der Waals surface area contributed by atoms with Crippen molar-refractivity contribution in [2.45, 2.75) is 38.8 Å². The number of carbonyl (C=O) groups excluding carboxylic acids is 1. The molecule has 2 heterocycles. The van der Waals surface area contributed by atoms with Gasteiger partial charge in [0.15, 0.2) is 0 Å². The number of carbonyl (C=O) groups is 1. The number of amides is 1. The van der Waals surface area contributed by atoms with Crippen molar-refractivity contribution in [3.05, 3.63) is 95.0 Å². The molecule has 0 aliphatic rings. The summed E-state index contributed by atoms with van der Waals surface area (Å²) in [4.78, 5) is 22.5. The normalized spacial score (nSPS) is 12.1. The Hall–Kier alpha value is -3.18. The van der Waals surface area contributed by atoms with E-state index in [2.05, 4.69) is 21.8 Å². The lowest BCUT2D eigenvalue weighted by atomic mass is 10.1. The summed E-state index contributed by atoms with van der Waals surface area (Å²) in [7, 11) is 0. The van der Waals surface area contributed by atoms with E-state index < -0.39 is 0 Å². The maximum Gasteiger partial charge on any atom is 0.243 e. The molecule has 0 saturated heterocycles. The first-order chi connectivity index (χ1) is 15.2. The van der Waals surface area contributed by atoms with Crippen molar-refractivity contribution in [1.29, 1.82) is 0 Å². The fourth-order valence-corrected chi connectivity index (χ4v) is 4.03. The fraction of sp³-hybridized carbons (Fsp3) is 0.240. The molecule has 4 aromatic rings. The second kappa shape index (κ2) is 9.75. The molecule has 0 spiro atoms. The average Bonchev–Trinajstić information content (AvgIpc) is 3.15. The van der Waals surface area contributed by atoms with Gasteiger partial charge in [-0.3, -0.25) is 9.78 Å². The van der Waals surface area contributed by atoms with Gasteiger partial charge < -0.3 is 9.88 Å². The van der Waals surface area contributed by atoms with Crippen LogP contribution < -0.4 is 5.32 Å². The van der Waals surface area contributed by atoms with E-state index in [0.717, 1.165) is 34.5 Å². The minimum atomic E-state index is -0.362. The first kappa shape index (κ1) is 21.1. The monoisotopic (exact) mass is 432 g/mol. The zero-order chi connectivity index (χ0) is 21.6. The summed E-state index contributed by atoms with van der Waals surface area (Å²) in [6.07, 6.45) is 3.88. The van der Waals surface area contributed by atoms with E-state index in [0.29, 0.717) is 24.4 Å². The van der Waals surface area contributed by atoms with Gasteiger partial charge in [0, 0.05) is 17.6 Å². The maximum absolute atomic E-state index is 13.3. The molecule has 158 valence electrons. The standard InChI is InChI=1S/C25H25ClN4O/c1-2-9-23(25(31)28-17-19-11-7-8-15-27-19)30-22-14-6-5-13-21(22)29-24(30)16-18-10-3-4-12-20(18)26/h3-8,10-15,23H,2,9,16-17H2,1H3,(H,28,31)/t23-/m1/s1. The van der Waals surface area contributed by atoms with Gasteiger partial charge in [0.25, 0.3) is 0 Å². The van der Waals surface area contributed by atoms with Crippen LogP contribution in [0.25, 0.3) is 11.0 Å². The number of rotatable bonds is 8. The zero-order valence-corrected chi connectivity index (χ0v) is 18.2. The molecule has 5 nitrogen and oxygen atoms in total. The van der Waals surface area contributed by atoms with Gasteiger partial charge in [0.05, 0.1) is 23.3 Å². The Morgan fingerprint density at radius 1 is 1.06 bits per heavy atom. The summed E-state index contributed by atoms with van der Waals surface area (Å²) in [5.74, 6) is 0.803. The van der Waals surface area contributed by atoms with Crippen LogP contribution in [0.3, 0.4) is 0 Å². The second-order valence-electron chi connectivity index (χ2n) is 7.50. The van der Waals surface area contributed by atoms with Crippen LogP contribution in [0.15, 0.2) is 72.9 Å². The van der Waals surface area contributed by atoms with Crippen molar-refractivity contribution >= 4 is 28.5 Å². The molecule has 1 atom stereocenters. The molecule has 4 rings (SSSR count). The Balaban J connectivity index is 1.70. The Morgan fingerprint density at radius 3 is 2.61 bits per heavy atom. The molecular weight excluding hydrogens is 408 g/mol. The van der Waals surface area contributed by atoms with Crippen molar-refractivity contribution in [2.75, 3.05) is 0 Å². The minimum Gasteiger partial charge on any atom is -0.349 e. The van der Waals surface area contributed by atoms with Crippen molar-refractivity contribution in [2.24, 2.45) is 0 Å². The molecule has 0 fully saturated rings. The molecule has 0 unspecified atom stereocenters. The molecule has 2 aromatic carbocycles. The molecule has 0 saturated carbocycles. The number of nitrogens with zero attached hydrogens (tertiary/aromatic N) is 3. The highest BCUT2D eigenvalue weighted by Crippen LogP contribution is 2.28. The smallest absolute Gasteiger partial charge is 0.243 e. The number of benzene rings is 2. The van der Waals surface area contributed by atoms with Gasteiger partial charge >= 0.3 is 0 Å². The van der Waals surface area contributed by atoms with Gasteiger partial charge in [0.2, 0.25) is 5.91 Å². The van der Waals surface area contributed by atoms with Gasteiger partial charge in [-0.15, -0.1) is 0 Å². The first-order valence-electron chi connectivity index (χ1n) is 10.5. The van der Waals surface area contributed by atoms with Crippen molar-refractivity contribution in [1.82, 2.24) is 19.9 Å². The molecule has 0 aliphatic carbocycles. The van der Waals surface area contributed by atoms with E-state index in [9.17, 15) is 4.79 Å². The molecule has 1 N–H and O–H groups in total. The zero-order valence-electron chi connectivity index (χ0n) is 17.5. The van der Waals surface area contributed by atoms with Crippen molar-refractivity contribution < 1.29 is 4.79 Å². The number of para-hydroxylation sites is 2. The maximum atomic E-state index is 13.3. The highest BCUT2D eigenvalue weighted by Gasteiger charge is 2.25. The molecule has 0 aliphatic heterocycles. The van der Waals surface area contributed by atoms with Gasteiger partial charge in [-0.05, 0) is 42.3 Å². The number of hydrogen-bond donors (Lipinski definition) is 1. The third-order valence-electron chi connectivity index (χ3n) is 5.32. The number of hydrogen-bond acceptors (Lipinski definition) is 3. The number of imidazole rings is 1. The average molecular weight is 433 g/mol. The summed E-state index contributed by atoms with van der Waals surface area (Å²) in [6, 6.07) is 21.1. The Kier molecular flexibility index (Phi) is 6.63. The Morgan fingerprint density at radius 2 is 1.84 bits per heavy atom. The van der Waals surface area contributed by atoms with Gasteiger partial charge in [-0.25, -0.2) is 4.98 Å². The number of nitrogens with one attached hydrogen (secondary N) is 1. The van der Waals surface area contributed by atoms with E-state index in [1.165, 1.54) is 0 Å². The van der Waals surface area contributed by atoms with Crippen LogP contribution in [-0.4, -0.2) is 20.4 Å². The molecule has 0 bridgehead atoms. The summed E-state index contributed by atoms with van der Waals surface area (Å²) in [5, 5.41) is 3.76. The predicted octanol–water partition coefficient (Wildman–Crippen LogP) is 5.33. The SMILES string of the molecule is CCC[C@H](C(=O)NCc1ccccn1)n1c(Cc2ccccc2Cl)nc2ccccc21. The van der Waals surface area contributed by atoms with E-state index in [1.54, 1.807) is 6.20 Å². The summed E-state index contributed by atoms with van der Waals surface area (Å²) < 4.78 is 2.08. The van der Waals surface area contributed by atoms with Crippen LogP contribution >= 0.6 is 11.6 Å². The van der Waals surface area contributed by atoms with Crippen molar-refractivity contribution in [3.63, 3.8) is 0 Å². The van der Waals surface area contributed by atoms with Crippen LogP contribution in [0.1, 0.15) is 42.9 Å². The van der Waals surface area contributed by atoms with Gasteiger partial charge in [-0.1, -0.05) is 61.3 Å². The second-order valence-corrected chi connectivity index (χ2v) is 7.91. The number of aromatic nitrogens is 3. The number of halogens is 1.